The van der Waals surface area contributed by atoms with E-state index in [0.29, 0.717) is 11.4 Å². The Kier molecular flexibility index (Phi) is 4.88. The second-order valence-corrected chi connectivity index (χ2v) is 7.92. The molecule has 1 aliphatic heterocycles. The molecule has 1 aliphatic rings. The summed E-state index contributed by atoms with van der Waals surface area (Å²) in [6.07, 6.45) is -0.0714. The lowest BCUT2D eigenvalue weighted by Gasteiger charge is -2.16. The molecule has 1 fully saturated rings. The van der Waals surface area contributed by atoms with Gasteiger partial charge in [0.25, 0.3) is 5.91 Å². The van der Waals surface area contributed by atoms with Crippen LogP contribution >= 0.6 is 11.6 Å². The third kappa shape index (κ3) is 3.51. The van der Waals surface area contributed by atoms with Crippen molar-refractivity contribution in [1.29, 1.82) is 0 Å². The van der Waals surface area contributed by atoms with E-state index >= 15 is 0 Å². The van der Waals surface area contributed by atoms with E-state index in [-0.39, 0.29) is 28.4 Å². The minimum absolute atomic E-state index is 0.0396. The standard InChI is InChI=1S/C17H15ClN2O5S/c1-25-13-4-2-3-11(9-13)19-17(22)14-6-5-12(10-15(14)18)20-16(21)7-8-26(20,23)24/h2-6,9-10H,7-8H2,1H3,(H,19,22). The first kappa shape index (κ1) is 18.2. The summed E-state index contributed by atoms with van der Waals surface area (Å²) in [6.45, 7) is 0. The Hall–Kier alpha value is -2.58. The average molecular weight is 395 g/mol. The molecule has 2 amide bonds. The number of amides is 2. The molecule has 1 heterocycles. The summed E-state index contributed by atoms with van der Waals surface area (Å²) in [6, 6.07) is 10.9. The maximum atomic E-state index is 12.4. The summed E-state index contributed by atoms with van der Waals surface area (Å²) < 4.78 is 29.8. The number of benzene rings is 2. The molecule has 0 atom stereocenters. The molecule has 0 unspecified atom stereocenters. The van der Waals surface area contributed by atoms with Gasteiger partial charge in [-0.05, 0) is 30.3 Å². The molecule has 0 spiro atoms. The van der Waals surface area contributed by atoms with Crippen molar-refractivity contribution >= 4 is 44.8 Å². The van der Waals surface area contributed by atoms with Crippen LogP contribution < -0.4 is 14.4 Å². The van der Waals surface area contributed by atoms with Crippen LogP contribution in [0.2, 0.25) is 5.02 Å². The fourth-order valence-electron chi connectivity index (χ4n) is 2.58. The second-order valence-electron chi connectivity index (χ2n) is 5.57. The van der Waals surface area contributed by atoms with Crippen molar-refractivity contribution in [3.05, 3.63) is 53.1 Å². The fourth-order valence-corrected chi connectivity index (χ4v) is 4.29. The second kappa shape index (κ2) is 6.97. The molecule has 2 aromatic carbocycles. The van der Waals surface area contributed by atoms with Crippen LogP contribution in [-0.2, 0) is 14.8 Å². The first-order valence-electron chi connectivity index (χ1n) is 7.62. The van der Waals surface area contributed by atoms with Crippen molar-refractivity contribution in [3.8, 4) is 5.75 Å². The molecule has 9 heteroatoms. The smallest absolute Gasteiger partial charge is 0.257 e. The highest BCUT2D eigenvalue weighted by molar-refractivity contribution is 7.94. The summed E-state index contributed by atoms with van der Waals surface area (Å²) in [5.41, 5.74) is 0.796. The van der Waals surface area contributed by atoms with Crippen molar-refractivity contribution in [1.82, 2.24) is 0 Å². The van der Waals surface area contributed by atoms with Crippen LogP contribution in [0, 0.1) is 0 Å². The number of carbonyl (C=O) groups excluding carboxylic acids is 2. The SMILES string of the molecule is COc1cccc(NC(=O)c2ccc(N3C(=O)CCS3(=O)=O)cc2Cl)c1. The Morgan fingerprint density at radius 1 is 1.23 bits per heavy atom. The van der Waals surface area contributed by atoms with E-state index in [1.54, 1.807) is 24.3 Å². The Balaban J connectivity index is 1.85. The highest BCUT2D eigenvalue weighted by Gasteiger charge is 2.36. The van der Waals surface area contributed by atoms with Crippen molar-refractivity contribution in [2.45, 2.75) is 6.42 Å². The molecule has 2 aromatic rings. The lowest BCUT2D eigenvalue weighted by Crippen LogP contribution is -2.29. The molecular formula is C17H15ClN2O5S. The molecule has 0 radical (unpaired) electrons. The van der Waals surface area contributed by atoms with Crippen LogP contribution in [0.25, 0.3) is 0 Å². The highest BCUT2D eigenvalue weighted by Crippen LogP contribution is 2.30. The molecule has 7 nitrogen and oxygen atoms in total. The normalized spacial score (nSPS) is 15.8. The number of halogens is 1. The summed E-state index contributed by atoms with van der Waals surface area (Å²) in [5, 5.41) is 2.73. The summed E-state index contributed by atoms with van der Waals surface area (Å²) in [5.74, 6) is -0.635. The summed E-state index contributed by atoms with van der Waals surface area (Å²) in [7, 11) is -2.17. The van der Waals surface area contributed by atoms with E-state index in [1.165, 1.54) is 25.3 Å². The van der Waals surface area contributed by atoms with E-state index < -0.39 is 21.8 Å². The first-order valence-corrected chi connectivity index (χ1v) is 9.61. The van der Waals surface area contributed by atoms with Gasteiger partial charge in [-0.25, -0.2) is 12.7 Å². The molecule has 26 heavy (non-hydrogen) atoms. The number of nitrogens with zero attached hydrogens (tertiary/aromatic N) is 1. The van der Waals surface area contributed by atoms with Gasteiger partial charge in [-0.3, -0.25) is 9.59 Å². The Morgan fingerprint density at radius 3 is 2.62 bits per heavy atom. The van der Waals surface area contributed by atoms with E-state index in [1.807, 2.05) is 0 Å². The fraction of sp³-hybridized carbons (Fsp3) is 0.176. The minimum atomic E-state index is -3.68. The number of hydrogen-bond donors (Lipinski definition) is 1. The lowest BCUT2D eigenvalue weighted by atomic mass is 10.1. The highest BCUT2D eigenvalue weighted by atomic mass is 35.5. The number of methoxy groups -OCH3 is 1. The van der Waals surface area contributed by atoms with Crippen LogP contribution in [0.5, 0.6) is 5.75 Å². The largest absolute Gasteiger partial charge is 0.497 e. The van der Waals surface area contributed by atoms with Gasteiger partial charge in [0.2, 0.25) is 15.9 Å². The number of anilines is 2. The number of ether oxygens (including phenoxy) is 1. The van der Waals surface area contributed by atoms with Crippen LogP contribution in [0.4, 0.5) is 11.4 Å². The topological polar surface area (TPSA) is 92.8 Å². The Labute approximate surface area is 155 Å². The Morgan fingerprint density at radius 2 is 2.00 bits per heavy atom. The van der Waals surface area contributed by atoms with Gasteiger partial charge < -0.3 is 10.1 Å². The van der Waals surface area contributed by atoms with E-state index in [9.17, 15) is 18.0 Å². The maximum Gasteiger partial charge on any atom is 0.257 e. The van der Waals surface area contributed by atoms with Crippen molar-refractivity contribution in [2.75, 3.05) is 22.5 Å². The minimum Gasteiger partial charge on any atom is -0.497 e. The molecule has 3 rings (SSSR count). The predicted octanol–water partition coefficient (Wildman–Crippen LogP) is 2.67. The van der Waals surface area contributed by atoms with Crippen molar-refractivity contribution in [3.63, 3.8) is 0 Å². The predicted molar refractivity (Wildman–Crippen MR) is 98.3 cm³/mol. The monoisotopic (exact) mass is 394 g/mol. The molecule has 0 aromatic heterocycles. The van der Waals surface area contributed by atoms with Crippen LogP contribution in [0.1, 0.15) is 16.8 Å². The number of carbonyl (C=O) groups is 2. The molecule has 136 valence electrons. The van der Waals surface area contributed by atoms with Crippen molar-refractivity contribution < 1.29 is 22.7 Å². The van der Waals surface area contributed by atoms with Crippen LogP contribution in [0.15, 0.2) is 42.5 Å². The molecule has 1 N–H and O–H groups in total. The number of sulfonamides is 1. The van der Waals surface area contributed by atoms with Gasteiger partial charge in [0.05, 0.1) is 29.1 Å². The molecule has 0 aliphatic carbocycles. The Bertz CT molecular complexity index is 990. The zero-order chi connectivity index (χ0) is 18.9. The third-order valence-electron chi connectivity index (χ3n) is 3.84. The van der Waals surface area contributed by atoms with Gasteiger partial charge in [0, 0.05) is 18.2 Å². The summed E-state index contributed by atoms with van der Waals surface area (Å²) in [4.78, 5) is 24.3. The maximum absolute atomic E-state index is 12.4. The molecule has 1 saturated heterocycles. The number of hydrogen-bond acceptors (Lipinski definition) is 5. The quantitative estimate of drug-likeness (QED) is 0.860. The zero-order valence-corrected chi connectivity index (χ0v) is 15.3. The summed E-state index contributed by atoms with van der Waals surface area (Å²) >= 11 is 6.15. The van der Waals surface area contributed by atoms with Gasteiger partial charge in [-0.1, -0.05) is 17.7 Å². The van der Waals surface area contributed by atoms with Gasteiger partial charge in [0.15, 0.2) is 0 Å². The number of rotatable bonds is 4. The van der Waals surface area contributed by atoms with Crippen LogP contribution in [0.3, 0.4) is 0 Å². The van der Waals surface area contributed by atoms with Gasteiger partial charge >= 0.3 is 0 Å². The molecule has 0 bridgehead atoms. The van der Waals surface area contributed by atoms with Crippen molar-refractivity contribution in [2.24, 2.45) is 0 Å². The van der Waals surface area contributed by atoms with E-state index in [2.05, 4.69) is 5.32 Å². The molecule has 0 saturated carbocycles. The zero-order valence-electron chi connectivity index (χ0n) is 13.7. The van der Waals surface area contributed by atoms with Gasteiger partial charge in [-0.2, -0.15) is 0 Å². The van der Waals surface area contributed by atoms with Gasteiger partial charge in [0.1, 0.15) is 5.75 Å². The average Bonchev–Trinajstić information content (AvgIpc) is 2.87. The molecular weight excluding hydrogens is 380 g/mol. The van der Waals surface area contributed by atoms with E-state index in [4.69, 9.17) is 16.3 Å². The van der Waals surface area contributed by atoms with Gasteiger partial charge in [-0.15, -0.1) is 0 Å². The third-order valence-corrected chi connectivity index (χ3v) is 5.84. The first-order chi connectivity index (χ1) is 12.3. The number of nitrogens with one attached hydrogen (secondary N) is 1. The van der Waals surface area contributed by atoms with E-state index in [0.717, 1.165) is 4.31 Å². The van der Waals surface area contributed by atoms with Crippen LogP contribution in [-0.4, -0.2) is 33.1 Å². The lowest BCUT2D eigenvalue weighted by molar-refractivity contribution is -0.116.